The maximum atomic E-state index is 14.8. The van der Waals surface area contributed by atoms with Crippen LogP contribution in [0.4, 0.5) is 65.9 Å². The van der Waals surface area contributed by atoms with Crippen LogP contribution >= 0.6 is 18.4 Å². The molecule has 0 aliphatic carbocycles. The topological polar surface area (TPSA) is 54.0 Å². The molecule has 0 radical (unpaired) electrons. The van der Waals surface area contributed by atoms with Crippen molar-refractivity contribution in [2.75, 3.05) is 0 Å². The summed E-state index contributed by atoms with van der Waals surface area (Å²) >= 11 is 6.02. The number of ether oxygens (including phenoxy) is 3. The molecule has 0 aliphatic rings. The first-order chi connectivity index (χ1) is 27.2. The molecule has 0 aromatic heterocycles. The van der Waals surface area contributed by atoms with Gasteiger partial charge in [-0.15, -0.1) is 0 Å². The van der Waals surface area contributed by atoms with Gasteiger partial charge in [-0.3, -0.25) is 0 Å². The average Bonchev–Trinajstić information content (AvgIpc) is 3.16. The minimum absolute atomic E-state index is 0.0940. The van der Waals surface area contributed by atoms with Crippen LogP contribution in [0.3, 0.4) is 0 Å². The van der Waals surface area contributed by atoms with Crippen molar-refractivity contribution in [2.24, 2.45) is 0 Å². The van der Waals surface area contributed by atoms with Crippen LogP contribution in [0.15, 0.2) is 127 Å². The molecular weight excluding hydrogens is 876 g/mol. The van der Waals surface area contributed by atoms with Gasteiger partial charge < -0.3 is 0 Å². The van der Waals surface area contributed by atoms with Gasteiger partial charge in [0.1, 0.15) is 0 Å². The molecule has 5 aromatic carbocycles. The van der Waals surface area contributed by atoms with Crippen LogP contribution in [0, 0.1) is 0 Å². The standard InChI is InChI=1S/C37H21ClF15O5P/c38-28-26(21-27(55-35(48,49)32(39,40)41)29(56-36(50,51)33(42,43)44)30(28)57-37(52,53)34(45,46)47)31(54)58-59(22-13-5-1-6-14-22,23-15-7-2-8-16-23,24-17-9-3-10-18-24)25-19-11-4-12-20-25/h1-21H. The number of hydrogen-bond donors (Lipinski definition) is 0. The van der Waals surface area contributed by atoms with Crippen LogP contribution in [0.2, 0.25) is 5.02 Å². The van der Waals surface area contributed by atoms with Gasteiger partial charge in [0.15, 0.2) is 0 Å². The maximum absolute atomic E-state index is 14.8. The normalized spacial score (nSPS) is 13.9. The van der Waals surface area contributed by atoms with Gasteiger partial charge in [0.25, 0.3) is 0 Å². The summed E-state index contributed by atoms with van der Waals surface area (Å²) in [5, 5.41) is -1.76. The zero-order valence-electron chi connectivity index (χ0n) is 28.7. The van der Waals surface area contributed by atoms with Crippen LogP contribution in [0.25, 0.3) is 0 Å². The molecule has 22 heteroatoms. The van der Waals surface area contributed by atoms with Crippen molar-refractivity contribution in [3.05, 3.63) is 138 Å². The monoisotopic (exact) mass is 896 g/mol. The molecule has 0 fully saturated rings. The van der Waals surface area contributed by atoms with E-state index >= 15 is 0 Å². The molecule has 5 aromatic rings. The van der Waals surface area contributed by atoms with Gasteiger partial charge in [-0.25, -0.2) is 0 Å². The number of hydrogen-bond acceptors (Lipinski definition) is 5. The second kappa shape index (κ2) is 15.3. The molecule has 5 rings (SSSR count). The molecule has 0 unspecified atom stereocenters. The van der Waals surface area contributed by atoms with Crippen molar-refractivity contribution in [1.29, 1.82) is 0 Å². The molecule has 0 aliphatic heterocycles. The van der Waals surface area contributed by atoms with Crippen LogP contribution in [-0.4, -0.2) is 42.8 Å². The second-order valence-electron chi connectivity index (χ2n) is 12.0. The van der Waals surface area contributed by atoms with Crippen molar-refractivity contribution in [3.8, 4) is 17.2 Å². The molecule has 0 heterocycles. The van der Waals surface area contributed by atoms with Gasteiger partial charge >= 0.3 is 327 Å². The summed E-state index contributed by atoms with van der Waals surface area (Å²) < 4.78 is 223. The summed E-state index contributed by atoms with van der Waals surface area (Å²) in [6, 6.07) is 28.6. The predicted octanol–water partition coefficient (Wildman–Crippen LogP) is 10.9. The van der Waals surface area contributed by atoms with E-state index < -0.39 is 83.6 Å². The Hall–Kier alpha value is -5.36. The first kappa shape index (κ1) is 44.7. The molecule has 0 spiro atoms. The van der Waals surface area contributed by atoms with Gasteiger partial charge in [-0.1, -0.05) is 0 Å². The Morgan fingerprint density at radius 2 is 0.729 bits per heavy atom. The fourth-order valence-electron chi connectivity index (χ4n) is 5.74. The molecule has 0 saturated heterocycles. The Balaban J connectivity index is 1.96. The van der Waals surface area contributed by atoms with Gasteiger partial charge in [0.2, 0.25) is 0 Å². The van der Waals surface area contributed by atoms with Crippen LogP contribution in [0.1, 0.15) is 10.4 Å². The minimum atomic E-state index is -6.97. The third-order valence-corrected chi connectivity index (χ3v) is 14.4. The molecule has 0 saturated carbocycles. The van der Waals surface area contributed by atoms with E-state index in [1.807, 2.05) is 0 Å². The van der Waals surface area contributed by atoms with E-state index in [2.05, 4.69) is 14.2 Å². The second-order valence-corrected chi connectivity index (χ2v) is 16.7. The van der Waals surface area contributed by atoms with Gasteiger partial charge in [-0.05, 0) is 0 Å². The molecule has 0 atom stereocenters. The van der Waals surface area contributed by atoms with E-state index in [4.69, 9.17) is 16.1 Å². The molecule has 316 valence electrons. The van der Waals surface area contributed by atoms with Gasteiger partial charge in [-0.2, -0.15) is 0 Å². The van der Waals surface area contributed by atoms with Crippen LogP contribution in [-0.2, 0) is 4.52 Å². The van der Waals surface area contributed by atoms with Crippen LogP contribution in [0.5, 0.6) is 17.2 Å². The molecule has 0 bridgehead atoms. The average molecular weight is 897 g/mol. The SMILES string of the molecule is O=C(OP(c1ccccc1)(c1ccccc1)(c1ccccc1)c1ccccc1)c1cc(OC(F)(F)C(F)(F)F)c(OC(F)(F)C(F)(F)F)c(OC(F)(F)C(F)(F)F)c1Cl. The number of alkyl halides is 15. The summed E-state index contributed by atoms with van der Waals surface area (Å²) in [5.41, 5.74) is -1.83. The van der Waals surface area contributed by atoms with Gasteiger partial charge in [0.05, 0.1) is 0 Å². The van der Waals surface area contributed by atoms with Crippen molar-refractivity contribution < 1.29 is 89.4 Å². The Morgan fingerprint density at radius 1 is 0.441 bits per heavy atom. The van der Waals surface area contributed by atoms with E-state index in [-0.39, 0.29) is 21.2 Å². The summed E-state index contributed by atoms with van der Waals surface area (Å²) in [6.45, 7) is -5.38. The summed E-state index contributed by atoms with van der Waals surface area (Å²) in [6.07, 6.45) is -41.0. The molecule has 59 heavy (non-hydrogen) atoms. The van der Waals surface area contributed by atoms with E-state index in [0.717, 1.165) is 0 Å². The van der Waals surface area contributed by atoms with E-state index in [0.29, 0.717) is 0 Å². The molecule has 5 nitrogen and oxygen atoms in total. The zero-order valence-corrected chi connectivity index (χ0v) is 30.3. The fourth-order valence-corrected chi connectivity index (χ4v) is 11.6. The van der Waals surface area contributed by atoms with Crippen LogP contribution < -0.4 is 35.4 Å². The molecule has 0 amide bonds. The van der Waals surface area contributed by atoms with Crippen molar-refractivity contribution >= 4 is 45.6 Å². The van der Waals surface area contributed by atoms with Gasteiger partial charge in [0, 0.05) is 0 Å². The number of carbonyl (C=O) groups excluding carboxylic acids is 1. The third kappa shape index (κ3) is 7.91. The zero-order chi connectivity index (χ0) is 43.9. The summed E-state index contributed by atoms with van der Waals surface area (Å²) in [4.78, 5) is 14.8. The quantitative estimate of drug-likeness (QED) is 0.0923. The number of halogens is 16. The van der Waals surface area contributed by atoms with E-state index in [1.54, 1.807) is 0 Å². The first-order valence-electron chi connectivity index (χ1n) is 16.0. The number of benzene rings is 5. The molecule has 0 N–H and O–H groups in total. The summed E-state index contributed by atoms with van der Waals surface area (Å²) in [5.74, 6) is -10.9. The fraction of sp³-hybridized carbons (Fsp3) is 0.162. The Bertz CT molecular complexity index is 2100. The third-order valence-electron chi connectivity index (χ3n) is 8.31. The Kier molecular flexibility index (Phi) is 11.6. The first-order valence-corrected chi connectivity index (χ1v) is 18.5. The van der Waals surface area contributed by atoms with Crippen molar-refractivity contribution in [2.45, 2.75) is 36.9 Å². The molecular formula is C37H21ClF15O5P. The van der Waals surface area contributed by atoms with Crippen molar-refractivity contribution in [3.63, 3.8) is 0 Å². The summed E-state index contributed by atoms with van der Waals surface area (Å²) in [7, 11) is 0. The van der Waals surface area contributed by atoms with E-state index in [1.165, 1.54) is 121 Å². The van der Waals surface area contributed by atoms with E-state index in [9.17, 15) is 70.7 Å². The predicted molar refractivity (Wildman–Crippen MR) is 183 cm³/mol. The Morgan fingerprint density at radius 3 is 1.03 bits per heavy atom. The number of rotatable bonds is 12. The number of carbonyl (C=O) groups is 1. The Labute approximate surface area is 326 Å². The van der Waals surface area contributed by atoms with Crippen molar-refractivity contribution in [1.82, 2.24) is 0 Å².